The Hall–Kier alpha value is -3.44. The first-order chi connectivity index (χ1) is 19.3. The molecule has 1 aliphatic heterocycles. The molecule has 1 N–H and O–H groups in total. The van der Waals surface area contributed by atoms with Gasteiger partial charge in [-0.3, -0.25) is 9.59 Å². The van der Waals surface area contributed by atoms with Gasteiger partial charge in [-0.05, 0) is 97.5 Å². The molecule has 0 aromatic heterocycles. The number of ketones is 1. The van der Waals surface area contributed by atoms with Crippen LogP contribution in [-0.2, 0) is 33.8 Å². The summed E-state index contributed by atoms with van der Waals surface area (Å²) in [7, 11) is 0. The highest BCUT2D eigenvalue weighted by atomic mass is 35.5. The zero-order valence-corrected chi connectivity index (χ0v) is 24.1. The van der Waals surface area contributed by atoms with E-state index in [4.69, 9.17) is 11.6 Å². The van der Waals surface area contributed by atoms with Gasteiger partial charge in [-0.15, -0.1) is 0 Å². The van der Waals surface area contributed by atoms with Gasteiger partial charge in [0.15, 0.2) is 0 Å². The third-order valence-corrected chi connectivity index (χ3v) is 8.76. The van der Waals surface area contributed by atoms with E-state index < -0.39 is 0 Å². The van der Waals surface area contributed by atoms with Gasteiger partial charge in [0.1, 0.15) is 5.78 Å². The van der Waals surface area contributed by atoms with Crippen LogP contribution in [0, 0.1) is 12.8 Å². The van der Waals surface area contributed by atoms with Crippen molar-refractivity contribution in [1.29, 1.82) is 0 Å². The summed E-state index contributed by atoms with van der Waals surface area (Å²) in [5.74, 6) is 0.354. The Morgan fingerprint density at radius 3 is 2.50 bits per heavy atom. The molecule has 40 heavy (non-hydrogen) atoms. The van der Waals surface area contributed by atoms with Crippen LogP contribution in [0.15, 0.2) is 60.7 Å². The Kier molecular flexibility index (Phi) is 8.70. The number of Topliss-reactive ketones (excluding diaryl/α,β-unsaturated/α-hetero) is 1. The molecule has 5 rings (SSSR count). The fraction of sp³-hybridized carbons (Fsp3) is 0.382. The quantitative estimate of drug-likeness (QED) is 0.296. The lowest BCUT2D eigenvalue weighted by Gasteiger charge is -2.30. The number of amides is 2. The van der Waals surface area contributed by atoms with Crippen LogP contribution in [0.2, 0.25) is 5.02 Å². The number of carbonyl (C=O) groups is 3. The molecule has 2 aliphatic rings. The number of halogens is 1. The van der Waals surface area contributed by atoms with E-state index in [1.165, 1.54) is 0 Å². The normalized spacial score (nSPS) is 16.1. The summed E-state index contributed by atoms with van der Waals surface area (Å²) in [5.41, 5.74) is 6.98. The molecule has 6 heteroatoms. The van der Waals surface area contributed by atoms with E-state index >= 15 is 0 Å². The molecule has 5 nitrogen and oxygen atoms in total. The Bertz CT molecular complexity index is 1410. The molecule has 0 bridgehead atoms. The average molecular weight is 557 g/mol. The minimum atomic E-state index is -0.240. The first-order valence-corrected chi connectivity index (χ1v) is 14.7. The van der Waals surface area contributed by atoms with Crippen LogP contribution in [-0.4, -0.2) is 17.6 Å². The van der Waals surface area contributed by atoms with Gasteiger partial charge in [0.25, 0.3) is 0 Å². The maximum absolute atomic E-state index is 13.8. The standard InChI is InChI=1S/C34H37ClN2O3/c1-22(38)10-13-25-8-5-9-30(23(25)2)36-34(40)33(26-6-3-4-7-26)27-14-11-24(12-15-27)21-37-31-18-17-29(35)20-28(31)16-19-32(37)39/h5,8-9,11-12,14-15,17-18,20,26,33H,3-4,6-7,10,13,16,19,21H2,1-2H3,(H,36,40). The van der Waals surface area contributed by atoms with Crippen molar-refractivity contribution in [2.24, 2.45) is 5.92 Å². The van der Waals surface area contributed by atoms with Crippen LogP contribution in [0.5, 0.6) is 0 Å². The highest BCUT2D eigenvalue weighted by molar-refractivity contribution is 6.30. The van der Waals surface area contributed by atoms with Gasteiger partial charge >= 0.3 is 0 Å². The maximum Gasteiger partial charge on any atom is 0.232 e. The molecule has 2 amide bonds. The first kappa shape index (κ1) is 28.1. The summed E-state index contributed by atoms with van der Waals surface area (Å²) in [5, 5.41) is 3.91. The van der Waals surface area contributed by atoms with Crippen LogP contribution in [0.25, 0.3) is 0 Å². The molecule has 3 aromatic rings. The third-order valence-electron chi connectivity index (χ3n) is 8.53. The van der Waals surface area contributed by atoms with Crippen molar-refractivity contribution in [3.63, 3.8) is 0 Å². The monoisotopic (exact) mass is 556 g/mol. The lowest BCUT2D eigenvalue weighted by molar-refractivity contribution is -0.119. The zero-order valence-electron chi connectivity index (χ0n) is 23.3. The Morgan fingerprint density at radius 1 is 1.02 bits per heavy atom. The van der Waals surface area contributed by atoms with E-state index in [2.05, 4.69) is 29.6 Å². The van der Waals surface area contributed by atoms with Crippen molar-refractivity contribution >= 4 is 40.6 Å². The number of hydrogen-bond acceptors (Lipinski definition) is 3. The van der Waals surface area contributed by atoms with Crippen molar-refractivity contribution < 1.29 is 14.4 Å². The molecule has 1 aliphatic carbocycles. The smallest absolute Gasteiger partial charge is 0.232 e. The second-order valence-corrected chi connectivity index (χ2v) is 11.7. The molecule has 0 saturated heterocycles. The van der Waals surface area contributed by atoms with E-state index in [1.54, 1.807) is 6.92 Å². The lowest BCUT2D eigenvalue weighted by Crippen LogP contribution is -2.34. The number of fused-ring (bicyclic) bond motifs is 1. The highest BCUT2D eigenvalue weighted by Gasteiger charge is 2.32. The molecule has 0 radical (unpaired) electrons. The maximum atomic E-state index is 13.8. The summed E-state index contributed by atoms with van der Waals surface area (Å²) < 4.78 is 0. The molecule has 1 saturated carbocycles. The van der Waals surface area contributed by atoms with E-state index in [0.717, 1.165) is 64.9 Å². The second kappa shape index (κ2) is 12.4. The summed E-state index contributed by atoms with van der Waals surface area (Å²) in [6, 6.07) is 19.9. The lowest BCUT2D eigenvalue weighted by atomic mass is 9.83. The van der Waals surface area contributed by atoms with E-state index in [0.29, 0.717) is 43.2 Å². The number of nitrogens with one attached hydrogen (secondary N) is 1. The van der Waals surface area contributed by atoms with Gasteiger partial charge in [-0.25, -0.2) is 0 Å². The van der Waals surface area contributed by atoms with Crippen molar-refractivity contribution in [3.05, 3.63) is 93.5 Å². The number of aryl methyl sites for hydroxylation is 2. The number of rotatable bonds is 9. The minimum absolute atomic E-state index is 0.0171. The molecular formula is C34H37ClN2O3. The predicted octanol–water partition coefficient (Wildman–Crippen LogP) is 7.56. The molecule has 1 atom stereocenters. The van der Waals surface area contributed by atoms with Gasteiger partial charge in [0, 0.05) is 29.2 Å². The van der Waals surface area contributed by atoms with Gasteiger partial charge in [0.05, 0.1) is 12.5 Å². The number of anilines is 2. The molecule has 0 spiro atoms. The van der Waals surface area contributed by atoms with Crippen molar-refractivity contribution in [1.82, 2.24) is 0 Å². The SMILES string of the molecule is CC(=O)CCc1cccc(NC(=O)C(c2ccc(CN3C(=O)CCc4cc(Cl)ccc43)cc2)C2CCCC2)c1C. The van der Waals surface area contributed by atoms with Gasteiger partial charge in [0.2, 0.25) is 11.8 Å². The van der Waals surface area contributed by atoms with Crippen molar-refractivity contribution in [2.75, 3.05) is 10.2 Å². The molecule has 3 aromatic carbocycles. The van der Waals surface area contributed by atoms with Gasteiger partial charge in [-0.1, -0.05) is 60.8 Å². The number of benzene rings is 3. The molecule has 1 heterocycles. The summed E-state index contributed by atoms with van der Waals surface area (Å²) in [6.07, 6.45) is 6.73. The van der Waals surface area contributed by atoms with Gasteiger partial charge < -0.3 is 15.0 Å². The van der Waals surface area contributed by atoms with Crippen LogP contribution >= 0.6 is 11.6 Å². The van der Waals surface area contributed by atoms with Gasteiger partial charge in [-0.2, -0.15) is 0 Å². The third kappa shape index (κ3) is 6.31. The fourth-order valence-corrected chi connectivity index (χ4v) is 6.45. The zero-order chi connectivity index (χ0) is 28.2. The summed E-state index contributed by atoms with van der Waals surface area (Å²) in [6.45, 7) is 4.11. The average Bonchev–Trinajstić information content (AvgIpc) is 3.46. The Morgan fingerprint density at radius 2 is 1.77 bits per heavy atom. The largest absolute Gasteiger partial charge is 0.325 e. The van der Waals surface area contributed by atoms with Crippen LogP contribution in [0.1, 0.15) is 79.2 Å². The van der Waals surface area contributed by atoms with Crippen molar-refractivity contribution in [3.8, 4) is 0 Å². The topological polar surface area (TPSA) is 66.5 Å². The van der Waals surface area contributed by atoms with Crippen molar-refractivity contribution in [2.45, 2.75) is 77.7 Å². The van der Waals surface area contributed by atoms with E-state index in [9.17, 15) is 14.4 Å². The predicted molar refractivity (Wildman–Crippen MR) is 161 cm³/mol. The number of nitrogens with zero attached hydrogens (tertiary/aromatic N) is 1. The van der Waals surface area contributed by atoms with Crippen LogP contribution < -0.4 is 10.2 Å². The Balaban J connectivity index is 1.35. The molecule has 1 fully saturated rings. The summed E-state index contributed by atoms with van der Waals surface area (Å²) in [4.78, 5) is 40.0. The number of carbonyl (C=O) groups excluding carboxylic acids is 3. The second-order valence-electron chi connectivity index (χ2n) is 11.3. The highest BCUT2D eigenvalue weighted by Crippen LogP contribution is 2.39. The number of hydrogen-bond donors (Lipinski definition) is 1. The molecular weight excluding hydrogens is 520 g/mol. The minimum Gasteiger partial charge on any atom is -0.325 e. The fourth-order valence-electron chi connectivity index (χ4n) is 6.25. The molecule has 208 valence electrons. The van der Waals surface area contributed by atoms with Crippen LogP contribution in [0.3, 0.4) is 0 Å². The summed E-state index contributed by atoms with van der Waals surface area (Å²) >= 11 is 6.19. The molecule has 1 unspecified atom stereocenters. The Labute approximate surface area is 241 Å². The van der Waals surface area contributed by atoms with E-state index in [1.807, 2.05) is 48.2 Å². The van der Waals surface area contributed by atoms with Crippen LogP contribution in [0.4, 0.5) is 11.4 Å². The van der Waals surface area contributed by atoms with E-state index in [-0.39, 0.29) is 23.5 Å². The first-order valence-electron chi connectivity index (χ1n) is 14.4.